The van der Waals surface area contributed by atoms with Gasteiger partial charge in [0.25, 0.3) is 11.8 Å². The predicted molar refractivity (Wildman–Crippen MR) is 156 cm³/mol. The topological polar surface area (TPSA) is 101 Å². The van der Waals surface area contributed by atoms with Gasteiger partial charge in [-0.2, -0.15) is 13.2 Å². The number of carbonyl (C=O) groups excluding carboxylic acids is 2. The Morgan fingerprint density at radius 3 is 2.60 bits per heavy atom. The quantitative estimate of drug-likeness (QED) is 0.347. The van der Waals surface area contributed by atoms with Crippen LogP contribution in [-0.2, 0) is 6.18 Å². The van der Waals surface area contributed by atoms with Gasteiger partial charge < -0.3 is 25.6 Å². The first kappa shape index (κ1) is 31.1. The molecule has 4 rings (SSSR count). The molecule has 2 amide bonds. The van der Waals surface area contributed by atoms with E-state index in [4.69, 9.17) is 22.1 Å². The van der Waals surface area contributed by atoms with Crippen molar-refractivity contribution in [1.82, 2.24) is 15.2 Å². The van der Waals surface area contributed by atoms with Crippen LogP contribution in [-0.4, -0.2) is 67.1 Å². The molecule has 0 saturated carbocycles. The third-order valence-corrected chi connectivity index (χ3v) is 7.34. The Kier molecular flexibility index (Phi) is 9.95. The number of hydrogen-bond donors (Lipinski definition) is 2. The van der Waals surface area contributed by atoms with Crippen LogP contribution in [0.5, 0.6) is 5.88 Å². The maximum Gasteiger partial charge on any atom is 0.417 e. The normalized spacial score (nSPS) is 15.5. The number of hydrogen-bond acceptors (Lipinski definition) is 6. The molecular weight excluding hydrogens is 571 g/mol. The van der Waals surface area contributed by atoms with E-state index >= 15 is 0 Å². The number of benzene rings is 2. The van der Waals surface area contributed by atoms with E-state index in [2.05, 4.69) is 10.3 Å². The highest BCUT2D eigenvalue weighted by atomic mass is 35.5. The largest absolute Gasteiger partial charge is 0.478 e. The van der Waals surface area contributed by atoms with E-state index in [1.54, 1.807) is 18.3 Å². The van der Waals surface area contributed by atoms with E-state index in [-0.39, 0.29) is 30.6 Å². The van der Waals surface area contributed by atoms with Gasteiger partial charge in [0.15, 0.2) is 0 Å². The number of amides is 2. The molecule has 224 valence electrons. The monoisotopic (exact) mass is 603 g/mol. The fourth-order valence-corrected chi connectivity index (χ4v) is 5.26. The summed E-state index contributed by atoms with van der Waals surface area (Å²) < 4.78 is 46.9. The van der Waals surface area contributed by atoms with Gasteiger partial charge in [-0.25, -0.2) is 4.98 Å². The summed E-state index contributed by atoms with van der Waals surface area (Å²) in [7, 11) is 0. The molecule has 1 aromatic heterocycles. The lowest BCUT2D eigenvalue weighted by atomic mass is 9.99. The number of alkyl halides is 3. The van der Waals surface area contributed by atoms with Crippen molar-refractivity contribution in [2.45, 2.75) is 32.5 Å². The number of nitrogens with zero attached hydrogens (tertiary/aromatic N) is 3. The number of ether oxygens (including phenoxy) is 1. The van der Waals surface area contributed by atoms with Gasteiger partial charge in [-0.1, -0.05) is 24.6 Å². The SMILES string of the molecule is CCOc1ncccc1-c1ccc(N2CCN(C(=O)c3ccc(Cl)cc3C(F)(F)F)[C@H](CC)C2)c(C(=O)NCCN)c1. The van der Waals surface area contributed by atoms with Gasteiger partial charge in [0.2, 0.25) is 5.88 Å². The third kappa shape index (κ3) is 6.79. The smallest absolute Gasteiger partial charge is 0.417 e. The maximum atomic E-state index is 13.8. The zero-order valence-electron chi connectivity index (χ0n) is 23.4. The highest BCUT2D eigenvalue weighted by Gasteiger charge is 2.39. The van der Waals surface area contributed by atoms with Crippen LogP contribution in [0.2, 0.25) is 5.02 Å². The van der Waals surface area contributed by atoms with Gasteiger partial charge in [-0.05, 0) is 61.4 Å². The van der Waals surface area contributed by atoms with E-state index in [0.717, 1.165) is 23.3 Å². The second kappa shape index (κ2) is 13.4. The van der Waals surface area contributed by atoms with Crippen LogP contribution in [0.4, 0.5) is 18.9 Å². The van der Waals surface area contributed by atoms with E-state index in [0.29, 0.717) is 43.2 Å². The number of halogens is 4. The number of piperazine rings is 1. The summed E-state index contributed by atoms with van der Waals surface area (Å²) in [6.07, 6.45) is -2.61. The number of carbonyl (C=O) groups is 2. The molecule has 2 heterocycles. The number of aromatic nitrogens is 1. The lowest BCUT2D eigenvalue weighted by molar-refractivity contribution is -0.138. The Morgan fingerprint density at radius 1 is 1.12 bits per heavy atom. The zero-order chi connectivity index (χ0) is 30.4. The van der Waals surface area contributed by atoms with Crippen molar-refractivity contribution in [3.63, 3.8) is 0 Å². The van der Waals surface area contributed by atoms with Crippen molar-refractivity contribution in [2.24, 2.45) is 5.73 Å². The molecule has 0 bridgehead atoms. The van der Waals surface area contributed by atoms with E-state index in [1.165, 1.54) is 11.0 Å². The minimum Gasteiger partial charge on any atom is -0.478 e. The van der Waals surface area contributed by atoms with Gasteiger partial charge in [-0.3, -0.25) is 9.59 Å². The molecule has 0 aliphatic carbocycles. The Hall–Kier alpha value is -3.83. The molecule has 0 unspecified atom stereocenters. The van der Waals surface area contributed by atoms with Crippen molar-refractivity contribution < 1.29 is 27.5 Å². The average Bonchev–Trinajstić information content (AvgIpc) is 2.99. The molecule has 1 saturated heterocycles. The second-order valence-corrected chi connectivity index (χ2v) is 10.2. The molecule has 1 aliphatic rings. The van der Waals surface area contributed by atoms with Crippen LogP contribution in [0.3, 0.4) is 0 Å². The fourth-order valence-electron chi connectivity index (χ4n) is 5.09. The van der Waals surface area contributed by atoms with Gasteiger partial charge in [0.05, 0.1) is 23.3 Å². The van der Waals surface area contributed by atoms with Crippen LogP contribution in [0, 0.1) is 0 Å². The van der Waals surface area contributed by atoms with Gasteiger partial charge in [-0.15, -0.1) is 0 Å². The summed E-state index contributed by atoms with van der Waals surface area (Å²) in [5, 5.41) is 2.73. The molecule has 1 atom stereocenters. The number of rotatable bonds is 9. The van der Waals surface area contributed by atoms with Gasteiger partial charge in [0.1, 0.15) is 0 Å². The summed E-state index contributed by atoms with van der Waals surface area (Å²) >= 11 is 5.82. The lowest BCUT2D eigenvalue weighted by Crippen LogP contribution is -2.55. The van der Waals surface area contributed by atoms with Crippen molar-refractivity contribution in [2.75, 3.05) is 44.2 Å². The standard InChI is InChI=1S/C30H33ClF3N5O3/c1-3-21-18-38(14-15-39(21)29(41)23-9-8-20(31)17-25(23)30(32,33)34)26-10-7-19(16-24(26)27(40)36-13-11-35)22-6-5-12-37-28(22)42-4-2/h5-10,12,16-17,21H,3-4,11,13-15,18,35H2,1-2H3,(H,36,40)/t21-/m1/s1. The van der Waals surface area contributed by atoms with Crippen LogP contribution < -0.4 is 20.7 Å². The highest BCUT2D eigenvalue weighted by Crippen LogP contribution is 2.36. The summed E-state index contributed by atoms with van der Waals surface area (Å²) in [5.74, 6) is -0.580. The van der Waals surface area contributed by atoms with Gasteiger partial charge in [0, 0.05) is 61.2 Å². The molecule has 8 nitrogen and oxygen atoms in total. The summed E-state index contributed by atoms with van der Waals surface area (Å²) in [4.78, 5) is 34.5. The molecule has 3 N–H and O–H groups in total. The van der Waals surface area contributed by atoms with Crippen molar-refractivity contribution >= 4 is 29.1 Å². The van der Waals surface area contributed by atoms with Crippen molar-refractivity contribution in [3.8, 4) is 17.0 Å². The van der Waals surface area contributed by atoms with Crippen LogP contribution in [0.25, 0.3) is 11.1 Å². The Bertz CT molecular complexity index is 1440. The van der Waals surface area contributed by atoms with Crippen LogP contribution in [0.1, 0.15) is 46.5 Å². The highest BCUT2D eigenvalue weighted by molar-refractivity contribution is 6.30. The summed E-state index contributed by atoms with van der Waals surface area (Å²) in [6, 6.07) is 11.9. The molecule has 12 heteroatoms. The minimum atomic E-state index is -4.73. The Morgan fingerprint density at radius 2 is 1.90 bits per heavy atom. The first-order valence-corrected chi connectivity index (χ1v) is 14.1. The molecule has 42 heavy (non-hydrogen) atoms. The molecule has 0 radical (unpaired) electrons. The first-order valence-electron chi connectivity index (χ1n) is 13.7. The summed E-state index contributed by atoms with van der Waals surface area (Å²) in [5.41, 5.74) is 6.62. The molecule has 3 aromatic rings. The summed E-state index contributed by atoms with van der Waals surface area (Å²) in [6.45, 7) is 5.50. The third-order valence-electron chi connectivity index (χ3n) is 7.11. The maximum absolute atomic E-state index is 13.8. The first-order chi connectivity index (χ1) is 20.1. The molecule has 1 fully saturated rings. The van der Waals surface area contributed by atoms with Crippen molar-refractivity contribution in [1.29, 1.82) is 0 Å². The van der Waals surface area contributed by atoms with E-state index in [9.17, 15) is 22.8 Å². The predicted octanol–water partition coefficient (Wildman–Crippen LogP) is 5.25. The van der Waals surface area contributed by atoms with Crippen molar-refractivity contribution in [3.05, 3.63) is 76.4 Å². The number of nitrogens with two attached hydrogens (primary N) is 1. The fraction of sp³-hybridized carbons (Fsp3) is 0.367. The molecule has 0 spiro atoms. The zero-order valence-corrected chi connectivity index (χ0v) is 24.1. The van der Waals surface area contributed by atoms with E-state index < -0.39 is 29.3 Å². The van der Waals surface area contributed by atoms with E-state index in [1.807, 2.05) is 36.9 Å². The number of anilines is 1. The van der Waals surface area contributed by atoms with Crippen LogP contribution in [0.15, 0.2) is 54.7 Å². The molecule has 2 aromatic carbocycles. The molecule has 1 aliphatic heterocycles. The lowest BCUT2D eigenvalue weighted by Gasteiger charge is -2.43. The number of nitrogens with one attached hydrogen (secondary N) is 1. The van der Waals surface area contributed by atoms with Gasteiger partial charge >= 0.3 is 6.18 Å². The Labute approximate surface area is 247 Å². The van der Waals surface area contributed by atoms with Crippen LogP contribution >= 0.6 is 11.6 Å². The Balaban J connectivity index is 1.66. The second-order valence-electron chi connectivity index (χ2n) is 9.76. The number of pyridine rings is 1. The minimum absolute atomic E-state index is 0.0979. The molecular formula is C30H33ClF3N5O3. The average molecular weight is 604 g/mol.